The number of hydrogen-bond acceptors (Lipinski definition) is 5. The van der Waals surface area contributed by atoms with Crippen LogP contribution in [0.4, 0.5) is 5.69 Å². The minimum atomic E-state index is -0.324. The molecule has 176 valence electrons. The minimum absolute atomic E-state index is 0.0307. The van der Waals surface area contributed by atoms with Gasteiger partial charge in [0.25, 0.3) is 0 Å². The van der Waals surface area contributed by atoms with E-state index in [1.54, 1.807) is 4.90 Å². The van der Waals surface area contributed by atoms with Gasteiger partial charge < -0.3 is 15.0 Å². The third kappa shape index (κ3) is 6.12. The Morgan fingerprint density at radius 1 is 1.00 bits per heavy atom. The van der Waals surface area contributed by atoms with Gasteiger partial charge in [0.15, 0.2) is 0 Å². The first kappa shape index (κ1) is 23.3. The molecular weight excluding hydrogens is 416 g/mol. The third-order valence-electron chi connectivity index (χ3n) is 6.39. The zero-order valence-corrected chi connectivity index (χ0v) is 19.4. The first-order valence-corrected chi connectivity index (χ1v) is 11.9. The first-order valence-electron chi connectivity index (χ1n) is 11.9. The molecule has 33 heavy (non-hydrogen) atoms. The molecule has 7 heteroatoms. The number of benzene rings is 2. The predicted octanol–water partition coefficient (Wildman–Crippen LogP) is 2.37. The summed E-state index contributed by atoms with van der Waals surface area (Å²) in [6.45, 7) is 9.37. The lowest BCUT2D eigenvalue weighted by molar-refractivity contribution is -0.126. The first-order chi connectivity index (χ1) is 16.1. The number of para-hydroxylation sites is 2. The molecule has 0 aromatic heterocycles. The Morgan fingerprint density at radius 2 is 1.70 bits per heavy atom. The molecule has 0 saturated carbocycles. The van der Waals surface area contributed by atoms with Crippen LogP contribution in [0.2, 0.25) is 0 Å². The lowest BCUT2D eigenvalue weighted by atomic mass is 10.1. The molecule has 4 rings (SSSR count). The second kappa shape index (κ2) is 11.3. The Bertz CT molecular complexity index is 928. The molecule has 1 N–H and O–H groups in total. The zero-order valence-electron chi connectivity index (χ0n) is 19.4. The van der Waals surface area contributed by atoms with Gasteiger partial charge in [-0.25, -0.2) is 0 Å². The Labute approximate surface area is 196 Å². The molecule has 0 aliphatic carbocycles. The number of nitrogens with zero attached hydrogens (tertiary/aromatic N) is 3. The molecule has 2 saturated heterocycles. The highest BCUT2D eigenvalue weighted by Gasteiger charge is 2.36. The lowest BCUT2D eigenvalue weighted by Crippen LogP contribution is -2.48. The summed E-state index contributed by atoms with van der Waals surface area (Å²) in [4.78, 5) is 31.9. The summed E-state index contributed by atoms with van der Waals surface area (Å²) in [7, 11) is 0. The minimum Gasteiger partial charge on any atom is -0.492 e. The highest BCUT2D eigenvalue weighted by Crippen LogP contribution is 2.33. The summed E-state index contributed by atoms with van der Waals surface area (Å²) < 4.78 is 5.66. The molecule has 2 aromatic carbocycles. The van der Waals surface area contributed by atoms with Gasteiger partial charge in [0, 0.05) is 58.8 Å². The fourth-order valence-electron chi connectivity index (χ4n) is 4.57. The van der Waals surface area contributed by atoms with Crippen LogP contribution in [0.1, 0.15) is 18.9 Å². The fourth-order valence-corrected chi connectivity index (χ4v) is 4.57. The Morgan fingerprint density at radius 3 is 2.45 bits per heavy atom. The van der Waals surface area contributed by atoms with Crippen molar-refractivity contribution in [3.05, 3.63) is 60.2 Å². The van der Waals surface area contributed by atoms with Crippen LogP contribution in [0.25, 0.3) is 0 Å². The van der Waals surface area contributed by atoms with Crippen molar-refractivity contribution < 1.29 is 14.3 Å². The van der Waals surface area contributed by atoms with Gasteiger partial charge in [-0.15, -0.1) is 0 Å². The van der Waals surface area contributed by atoms with Crippen LogP contribution < -0.4 is 15.0 Å². The van der Waals surface area contributed by atoms with Crippen LogP contribution in [0.3, 0.4) is 0 Å². The van der Waals surface area contributed by atoms with E-state index in [1.807, 2.05) is 31.2 Å². The number of piperazine rings is 1. The second-order valence-electron chi connectivity index (χ2n) is 8.70. The van der Waals surface area contributed by atoms with E-state index >= 15 is 0 Å². The summed E-state index contributed by atoms with van der Waals surface area (Å²) in [6.07, 6.45) is 0.241. The van der Waals surface area contributed by atoms with E-state index < -0.39 is 0 Å². The summed E-state index contributed by atoms with van der Waals surface area (Å²) in [5, 5.41) is 3.05. The monoisotopic (exact) mass is 450 g/mol. The van der Waals surface area contributed by atoms with Gasteiger partial charge in [-0.1, -0.05) is 42.5 Å². The molecular formula is C26H34N4O3. The van der Waals surface area contributed by atoms with E-state index in [9.17, 15) is 9.59 Å². The summed E-state index contributed by atoms with van der Waals surface area (Å²) in [6, 6.07) is 18.1. The number of rotatable bonds is 9. The second-order valence-corrected chi connectivity index (χ2v) is 8.70. The summed E-state index contributed by atoms with van der Waals surface area (Å²) in [5.41, 5.74) is 2.09. The van der Waals surface area contributed by atoms with E-state index in [1.165, 1.54) is 5.56 Å². The standard InChI is InChI=1S/C26H34N4O3/c1-2-33-24-11-7-6-10-23(24)30-20-22(18-25(30)31)26(32)27-12-13-28-14-16-29(17-15-28)19-21-8-4-3-5-9-21/h3-11,22H,2,12-20H2,1H3,(H,27,32). The average Bonchev–Trinajstić information content (AvgIpc) is 3.23. The van der Waals surface area contributed by atoms with Crippen LogP contribution >= 0.6 is 0 Å². The van der Waals surface area contributed by atoms with Crippen LogP contribution in [0, 0.1) is 5.92 Å². The molecule has 1 atom stereocenters. The van der Waals surface area contributed by atoms with Gasteiger partial charge in [-0.05, 0) is 24.6 Å². The number of amides is 2. The molecule has 2 aromatic rings. The molecule has 2 heterocycles. The van der Waals surface area contributed by atoms with Crippen LogP contribution in [0.5, 0.6) is 5.75 Å². The van der Waals surface area contributed by atoms with Crippen LogP contribution in [-0.4, -0.2) is 74.0 Å². The molecule has 2 amide bonds. The van der Waals surface area contributed by atoms with Gasteiger partial charge in [0.2, 0.25) is 11.8 Å². The van der Waals surface area contributed by atoms with Crippen molar-refractivity contribution in [1.29, 1.82) is 0 Å². The fraction of sp³-hybridized carbons (Fsp3) is 0.462. The number of ether oxygens (including phenoxy) is 1. The van der Waals surface area contributed by atoms with Gasteiger partial charge in [-0.2, -0.15) is 0 Å². The molecule has 1 unspecified atom stereocenters. The molecule has 0 radical (unpaired) electrons. The average molecular weight is 451 g/mol. The maximum atomic E-state index is 12.7. The zero-order chi connectivity index (χ0) is 23.0. The van der Waals surface area contributed by atoms with E-state index in [0.717, 1.165) is 45.0 Å². The van der Waals surface area contributed by atoms with Gasteiger partial charge >= 0.3 is 0 Å². The van der Waals surface area contributed by atoms with Crippen molar-refractivity contribution in [2.45, 2.75) is 19.9 Å². The maximum Gasteiger partial charge on any atom is 0.227 e. The molecule has 7 nitrogen and oxygen atoms in total. The highest BCUT2D eigenvalue weighted by atomic mass is 16.5. The van der Waals surface area contributed by atoms with Gasteiger partial charge in [0.1, 0.15) is 5.75 Å². The quantitative estimate of drug-likeness (QED) is 0.636. The Balaban J connectivity index is 1.19. The Kier molecular flexibility index (Phi) is 7.96. The highest BCUT2D eigenvalue weighted by molar-refractivity contribution is 6.01. The number of carbonyl (C=O) groups is 2. The van der Waals surface area contributed by atoms with E-state index in [2.05, 4.69) is 45.4 Å². The van der Waals surface area contributed by atoms with Crippen molar-refractivity contribution in [2.75, 3.05) is 57.3 Å². The van der Waals surface area contributed by atoms with Gasteiger partial charge in [-0.3, -0.25) is 19.4 Å². The van der Waals surface area contributed by atoms with Gasteiger partial charge in [0.05, 0.1) is 18.2 Å². The summed E-state index contributed by atoms with van der Waals surface area (Å²) >= 11 is 0. The molecule has 2 fully saturated rings. The number of anilines is 1. The third-order valence-corrected chi connectivity index (χ3v) is 6.39. The smallest absolute Gasteiger partial charge is 0.227 e. The molecule has 2 aliphatic heterocycles. The van der Waals surface area contributed by atoms with E-state index in [4.69, 9.17) is 4.74 Å². The predicted molar refractivity (Wildman–Crippen MR) is 129 cm³/mol. The number of hydrogen-bond donors (Lipinski definition) is 1. The maximum absolute atomic E-state index is 12.7. The molecule has 0 bridgehead atoms. The van der Waals surface area contributed by atoms with Crippen molar-refractivity contribution in [1.82, 2.24) is 15.1 Å². The lowest BCUT2D eigenvalue weighted by Gasteiger charge is -2.34. The normalized spacial score (nSPS) is 19.6. The van der Waals surface area contributed by atoms with E-state index in [0.29, 0.717) is 25.4 Å². The molecule has 0 spiro atoms. The topological polar surface area (TPSA) is 65.1 Å². The van der Waals surface area contributed by atoms with Crippen LogP contribution in [0.15, 0.2) is 54.6 Å². The summed E-state index contributed by atoms with van der Waals surface area (Å²) in [5.74, 6) is 0.287. The number of nitrogens with one attached hydrogen (secondary N) is 1. The Hall–Kier alpha value is -2.90. The largest absolute Gasteiger partial charge is 0.492 e. The van der Waals surface area contributed by atoms with Crippen molar-refractivity contribution in [3.8, 4) is 5.75 Å². The van der Waals surface area contributed by atoms with Crippen LogP contribution in [-0.2, 0) is 16.1 Å². The number of carbonyl (C=O) groups excluding carboxylic acids is 2. The van der Waals surface area contributed by atoms with Crippen molar-refractivity contribution in [3.63, 3.8) is 0 Å². The van der Waals surface area contributed by atoms with Crippen molar-refractivity contribution >= 4 is 17.5 Å². The van der Waals surface area contributed by atoms with Crippen molar-refractivity contribution in [2.24, 2.45) is 5.92 Å². The molecule has 2 aliphatic rings. The SMILES string of the molecule is CCOc1ccccc1N1CC(C(=O)NCCN2CCN(Cc3ccccc3)CC2)CC1=O. The van der Waals surface area contributed by atoms with E-state index in [-0.39, 0.29) is 24.2 Å².